The van der Waals surface area contributed by atoms with Gasteiger partial charge >= 0.3 is 0 Å². The van der Waals surface area contributed by atoms with Gasteiger partial charge in [-0.05, 0) is 30.0 Å². The van der Waals surface area contributed by atoms with Crippen molar-refractivity contribution in [3.8, 4) is 6.07 Å². The van der Waals surface area contributed by atoms with Crippen LogP contribution in [0.15, 0.2) is 18.2 Å². The summed E-state index contributed by atoms with van der Waals surface area (Å²) in [5, 5.41) is 12.2. The number of benzene rings is 1. The molecule has 2 heterocycles. The summed E-state index contributed by atoms with van der Waals surface area (Å²) in [5.41, 5.74) is 0.109. The van der Waals surface area contributed by atoms with E-state index in [1.807, 2.05) is 6.07 Å². The van der Waals surface area contributed by atoms with Crippen molar-refractivity contribution in [2.24, 2.45) is 11.8 Å². The molecule has 6 nitrogen and oxygen atoms in total. The fraction of sp³-hybridized carbons (Fsp3) is 0.526. The highest BCUT2D eigenvalue weighted by atomic mass is 19.2. The van der Waals surface area contributed by atoms with Crippen LogP contribution in [-0.4, -0.2) is 66.0 Å². The third-order valence-electron chi connectivity index (χ3n) is 5.86. The van der Waals surface area contributed by atoms with Crippen LogP contribution in [-0.2, 0) is 4.79 Å². The van der Waals surface area contributed by atoms with Crippen LogP contribution in [0.25, 0.3) is 0 Å². The van der Waals surface area contributed by atoms with Crippen LogP contribution >= 0.6 is 0 Å². The van der Waals surface area contributed by atoms with E-state index in [4.69, 9.17) is 5.26 Å². The topological polar surface area (TPSA) is 76.4 Å². The third kappa shape index (κ3) is 3.33. The molecule has 3 aliphatic rings. The van der Waals surface area contributed by atoms with E-state index in [2.05, 4.69) is 5.32 Å². The first-order valence-electron chi connectivity index (χ1n) is 9.20. The Labute approximate surface area is 159 Å². The minimum atomic E-state index is -1.16. The van der Waals surface area contributed by atoms with E-state index in [9.17, 15) is 22.8 Å². The lowest BCUT2D eigenvalue weighted by molar-refractivity contribution is -0.130. The molecule has 9 heteroatoms. The minimum Gasteiger partial charge on any atom is -0.338 e. The second-order valence-corrected chi connectivity index (χ2v) is 7.60. The average molecular weight is 392 g/mol. The molecule has 1 aromatic carbocycles. The van der Waals surface area contributed by atoms with Gasteiger partial charge in [0.25, 0.3) is 5.91 Å². The number of nitrogens with zero attached hydrogens (tertiary/aromatic N) is 3. The molecule has 3 fully saturated rings. The standard InChI is InChI=1S/C19H19F3N4O2/c20-11-4-12(5-23)26(7-11)17(27)6-24-18-13-8-25(9-14(13)18)19(28)10-1-2-15(21)16(22)3-10/h1-3,11-14,18,24H,4,6-9H2. The summed E-state index contributed by atoms with van der Waals surface area (Å²) in [6.45, 7) is 0.934. The van der Waals surface area contributed by atoms with Crippen LogP contribution in [0.3, 0.4) is 0 Å². The predicted molar refractivity (Wildman–Crippen MR) is 91.7 cm³/mol. The van der Waals surface area contributed by atoms with Crippen molar-refractivity contribution in [2.75, 3.05) is 26.2 Å². The quantitative estimate of drug-likeness (QED) is 0.832. The Kier molecular flexibility index (Phi) is 4.75. The van der Waals surface area contributed by atoms with Gasteiger partial charge in [0.1, 0.15) is 12.2 Å². The molecule has 4 rings (SSSR count). The van der Waals surface area contributed by atoms with E-state index in [-0.39, 0.29) is 54.8 Å². The monoisotopic (exact) mass is 392 g/mol. The van der Waals surface area contributed by atoms with Gasteiger partial charge in [-0.15, -0.1) is 0 Å². The summed E-state index contributed by atoms with van der Waals surface area (Å²) in [6, 6.07) is 4.42. The van der Waals surface area contributed by atoms with E-state index < -0.39 is 23.8 Å². The third-order valence-corrected chi connectivity index (χ3v) is 5.86. The highest BCUT2D eigenvalue weighted by Crippen LogP contribution is 2.45. The van der Waals surface area contributed by atoms with E-state index in [0.29, 0.717) is 13.1 Å². The minimum absolute atomic E-state index is 0.0275. The van der Waals surface area contributed by atoms with E-state index in [1.54, 1.807) is 4.90 Å². The van der Waals surface area contributed by atoms with E-state index >= 15 is 0 Å². The van der Waals surface area contributed by atoms with Crippen LogP contribution < -0.4 is 5.32 Å². The van der Waals surface area contributed by atoms with Crippen molar-refractivity contribution < 1.29 is 22.8 Å². The Hall–Kier alpha value is -2.60. The van der Waals surface area contributed by atoms with Crippen LogP contribution in [0.1, 0.15) is 16.8 Å². The molecule has 1 saturated carbocycles. The van der Waals surface area contributed by atoms with Gasteiger partial charge in [0, 0.05) is 31.1 Å². The number of piperidine rings is 1. The van der Waals surface area contributed by atoms with Crippen LogP contribution in [0.2, 0.25) is 0 Å². The smallest absolute Gasteiger partial charge is 0.253 e. The van der Waals surface area contributed by atoms with Gasteiger partial charge in [0.15, 0.2) is 11.6 Å². The average Bonchev–Trinajstić information content (AvgIpc) is 3.00. The SMILES string of the molecule is N#CC1CC(F)CN1C(=O)CNC1C2CN(C(=O)c3ccc(F)c(F)c3)CC21. The second-order valence-electron chi connectivity index (χ2n) is 7.60. The summed E-state index contributed by atoms with van der Waals surface area (Å²) in [7, 11) is 0. The zero-order valence-electron chi connectivity index (χ0n) is 14.9. The van der Waals surface area contributed by atoms with Crippen molar-refractivity contribution >= 4 is 11.8 Å². The lowest BCUT2D eigenvalue weighted by atomic mass is 10.2. The number of rotatable bonds is 4. The Balaban J connectivity index is 1.26. The molecule has 0 radical (unpaired) electrons. The van der Waals surface area contributed by atoms with Crippen LogP contribution in [0.4, 0.5) is 13.2 Å². The summed E-state index contributed by atoms with van der Waals surface area (Å²) >= 11 is 0. The Bertz CT molecular complexity index is 846. The van der Waals surface area contributed by atoms with Gasteiger partial charge in [-0.2, -0.15) is 5.26 Å². The molecular weight excluding hydrogens is 373 g/mol. The number of hydrogen-bond acceptors (Lipinski definition) is 4. The number of likely N-dealkylation sites (tertiary alicyclic amines) is 2. The van der Waals surface area contributed by atoms with Crippen molar-refractivity contribution in [1.82, 2.24) is 15.1 Å². The highest BCUT2D eigenvalue weighted by Gasteiger charge is 2.56. The second kappa shape index (κ2) is 7.09. The van der Waals surface area contributed by atoms with Crippen molar-refractivity contribution in [2.45, 2.75) is 24.7 Å². The number of halogens is 3. The Morgan fingerprint density at radius 2 is 1.89 bits per heavy atom. The van der Waals surface area contributed by atoms with Gasteiger partial charge in [-0.3, -0.25) is 9.59 Å². The van der Waals surface area contributed by atoms with Crippen LogP contribution in [0, 0.1) is 34.8 Å². The maximum Gasteiger partial charge on any atom is 0.253 e. The molecule has 2 aliphatic heterocycles. The maximum atomic E-state index is 13.4. The summed E-state index contributed by atoms with van der Waals surface area (Å²) in [5.74, 6) is -2.30. The molecule has 2 amide bonds. The highest BCUT2D eigenvalue weighted by molar-refractivity contribution is 5.94. The number of hydrogen-bond donors (Lipinski definition) is 1. The number of carbonyl (C=O) groups is 2. The largest absolute Gasteiger partial charge is 0.338 e. The zero-order valence-corrected chi connectivity index (χ0v) is 14.9. The van der Waals surface area contributed by atoms with Gasteiger partial charge in [0.05, 0.1) is 19.2 Å². The maximum absolute atomic E-state index is 13.4. The molecule has 0 bridgehead atoms. The van der Waals surface area contributed by atoms with E-state index in [1.165, 1.54) is 11.0 Å². The molecule has 4 atom stereocenters. The molecule has 0 spiro atoms. The molecule has 4 unspecified atom stereocenters. The van der Waals surface area contributed by atoms with Gasteiger partial charge in [-0.25, -0.2) is 13.2 Å². The Morgan fingerprint density at radius 1 is 1.18 bits per heavy atom. The number of nitriles is 1. The molecule has 2 saturated heterocycles. The summed E-state index contributed by atoms with van der Waals surface area (Å²) in [6.07, 6.45) is -1.11. The molecule has 1 aromatic rings. The fourth-order valence-electron chi connectivity index (χ4n) is 4.30. The van der Waals surface area contributed by atoms with E-state index in [0.717, 1.165) is 12.1 Å². The molecule has 1 aliphatic carbocycles. The van der Waals surface area contributed by atoms with Gasteiger partial charge in [0.2, 0.25) is 5.91 Å². The predicted octanol–water partition coefficient (Wildman–Crippen LogP) is 1.09. The lowest BCUT2D eigenvalue weighted by Crippen LogP contribution is -2.43. The van der Waals surface area contributed by atoms with Gasteiger partial charge in [-0.1, -0.05) is 0 Å². The van der Waals surface area contributed by atoms with Crippen molar-refractivity contribution in [3.63, 3.8) is 0 Å². The molecular formula is C19H19F3N4O2. The molecule has 148 valence electrons. The number of alkyl halides is 1. The molecule has 28 heavy (non-hydrogen) atoms. The normalized spacial score (nSPS) is 30.9. The summed E-state index contributed by atoms with van der Waals surface area (Å²) < 4.78 is 39.8. The molecule has 1 N–H and O–H groups in total. The lowest BCUT2D eigenvalue weighted by Gasteiger charge is -2.22. The summed E-state index contributed by atoms with van der Waals surface area (Å²) in [4.78, 5) is 27.5. The van der Waals surface area contributed by atoms with Gasteiger partial charge < -0.3 is 15.1 Å². The number of nitrogens with one attached hydrogen (secondary N) is 1. The zero-order chi connectivity index (χ0) is 20.0. The number of carbonyl (C=O) groups excluding carboxylic acids is 2. The fourth-order valence-corrected chi connectivity index (χ4v) is 4.30. The van der Waals surface area contributed by atoms with Crippen molar-refractivity contribution in [1.29, 1.82) is 5.26 Å². The molecule has 0 aromatic heterocycles. The van der Waals surface area contributed by atoms with Crippen LogP contribution in [0.5, 0.6) is 0 Å². The first-order valence-corrected chi connectivity index (χ1v) is 9.20. The Morgan fingerprint density at radius 3 is 2.54 bits per heavy atom. The first kappa shape index (κ1) is 18.7. The number of fused-ring (bicyclic) bond motifs is 1. The van der Waals surface area contributed by atoms with Crippen molar-refractivity contribution in [3.05, 3.63) is 35.4 Å². The first-order chi connectivity index (χ1) is 13.4. The number of amides is 2.